The Kier molecular flexibility index (Phi) is 15.2. The van der Waals surface area contributed by atoms with E-state index in [1.54, 1.807) is 0 Å². The van der Waals surface area contributed by atoms with Crippen LogP contribution in [-0.4, -0.2) is 77.3 Å². The summed E-state index contributed by atoms with van der Waals surface area (Å²) in [5.74, 6) is 2.46. The second-order valence-electron chi connectivity index (χ2n) is 28.5. The number of hydrogen-bond donors (Lipinski definition) is 0. The number of hydrogen-bond acceptors (Lipinski definition) is 3. The first kappa shape index (κ1) is 61.5. The first-order valence-corrected chi connectivity index (χ1v) is 30.0. The lowest BCUT2D eigenvalue weighted by Crippen LogP contribution is -2.61. The largest absolute Gasteiger partial charge is 0.311 e. The van der Waals surface area contributed by atoms with Gasteiger partial charge in [0.1, 0.15) is 62.8 Å². The second kappa shape index (κ2) is 21.6. The summed E-state index contributed by atoms with van der Waals surface area (Å²) < 4.78 is 0. The van der Waals surface area contributed by atoms with E-state index in [9.17, 15) is 0 Å². The predicted molar refractivity (Wildman–Crippen MR) is 385 cm³/mol. The number of anilines is 9. The molecule has 0 unspecified atom stereocenters. The molecule has 2 aliphatic heterocycles. The molecule has 1 aliphatic carbocycles. The molecule has 18 radical (unpaired) electrons. The molecule has 8 aromatic carbocycles. The van der Waals surface area contributed by atoms with Crippen molar-refractivity contribution < 1.29 is 0 Å². The molecule has 11 rings (SSSR count). The first-order valence-electron chi connectivity index (χ1n) is 30.0. The molecule has 0 fully saturated rings. The lowest BCUT2D eigenvalue weighted by molar-refractivity contribution is 0.589. The summed E-state index contributed by atoms with van der Waals surface area (Å²) in [6.07, 6.45) is 5.78. The minimum absolute atomic E-state index is 0.0247. The highest BCUT2D eigenvalue weighted by Crippen LogP contribution is 2.53. The second-order valence-corrected chi connectivity index (χ2v) is 28.5. The zero-order valence-electron chi connectivity index (χ0n) is 53.1. The third-order valence-electron chi connectivity index (χ3n) is 18.4. The molecule has 3 aliphatic rings. The number of fused-ring (bicyclic) bond motifs is 7. The van der Waals surface area contributed by atoms with Crippen molar-refractivity contribution in [2.75, 3.05) is 14.7 Å². The Balaban J connectivity index is 1.30. The molecule has 0 N–H and O–H groups in total. The average Bonchev–Trinajstić information content (AvgIpc) is 0.825. The van der Waals surface area contributed by atoms with Gasteiger partial charge in [-0.15, -0.1) is 33.8 Å². The van der Waals surface area contributed by atoms with Gasteiger partial charge in [0.2, 0.25) is 0 Å². The van der Waals surface area contributed by atoms with E-state index in [2.05, 4.69) is 240 Å². The number of terminal acetylenes is 1. The summed E-state index contributed by atoms with van der Waals surface area (Å²) in [6, 6.07) is 49.6. The van der Waals surface area contributed by atoms with Gasteiger partial charge in [0.25, 0.3) is 6.71 Å². The van der Waals surface area contributed by atoms with Gasteiger partial charge in [-0.2, -0.15) is 0 Å². The van der Waals surface area contributed by atoms with Crippen molar-refractivity contribution in [2.24, 2.45) is 0 Å². The highest BCUT2D eigenvalue weighted by atomic mass is 15.2. The van der Waals surface area contributed by atoms with Crippen LogP contribution in [0, 0.1) is 12.3 Å². The van der Waals surface area contributed by atoms with Crippen LogP contribution in [0.15, 0.2) is 150 Å². The Bertz CT molecular complexity index is 4260. The molecule has 0 atom stereocenters. The highest BCUT2D eigenvalue weighted by Gasteiger charge is 2.46. The van der Waals surface area contributed by atoms with Crippen molar-refractivity contribution in [1.29, 1.82) is 0 Å². The Morgan fingerprint density at radius 2 is 1.03 bits per heavy atom. The van der Waals surface area contributed by atoms with Crippen molar-refractivity contribution in [3.63, 3.8) is 0 Å². The fourth-order valence-corrected chi connectivity index (χ4v) is 13.2. The van der Waals surface area contributed by atoms with Crippen molar-refractivity contribution in [3.8, 4) is 23.5 Å². The minimum Gasteiger partial charge on any atom is -0.311 e. The maximum Gasteiger partial charge on any atom is 0.252 e. The SMILES string of the molecule is [B]C/C(=C([B])\C([B])=C(\[B])C#C)c1cc(C(C)(C)C)ccc1N(c1ccc2c(c1)N(c1ccc3c(c1)-c1ccccc1C3(C)C)c1cc(C(C)(C)C)cc3c1B2c1cc(C(C)(C)C)ccc1N3c1ccc(C(C)(C)C)cc1)c1c([B])c([B])c([B])c([B])c1[B]. The lowest BCUT2D eigenvalue weighted by Gasteiger charge is -2.46. The molecule has 0 aromatic heterocycles. The fourth-order valence-electron chi connectivity index (χ4n) is 13.2. The lowest BCUT2D eigenvalue weighted by atomic mass is 9.33. The normalized spacial score (nSPS) is 14.7. The van der Waals surface area contributed by atoms with Crippen LogP contribution in [0.5, 0.6) is 0 Å². The van der Waals surface area contributed by atoms with Gasteiger partial charge >= 0.3 is 0 Å². The number of allylic oxidation sites excluding steroid dienone is 4. The first-order chi connectivity index (χ1) is 40.7. The Morgan fingerprint density at radius 3 is 1.62 bits per heavy atom. The number of nitrogens with zero attached hydrogens (tertiary/aromatic N) is 3. The maximum absolute atomic E-state index is 7.28. The van der Waals surface area contributed by atoms with E-state index >= 15 is 0 Å². The summed E-state index contributed by atoms with van der Waals surface area (Å²) in [6.45, 7) is 31.3. The molecule has 0 spiro atoms. The van der Waals surface area contributed by atoms with Gasteiger partial charge in [-0.05, 0) is 149 Å². The van der Waals surface area contributed by atoms with Crippen molar-refractivity contribution in [2.45, 2.75) is 130 Å². The van der Waals surface area contributed by atoms with Gasteiger partial charge in [0.15, 0.2) is 0 Å². The van der Waals surface area contributed by atoms with E-state index < -0.39 is 0 Å². The molecule has 408 valence electrons. The van der Waals surface area contributed by atoms with Crippen LogP contribution < -0.4 is 58.4 Å². The number of rotatable bonds is 8. The van der Waals surface area contributed by atoms with Gasteiger partial charge in [0.05, 0.1) is 13.5 Å². The monoisotopic (exact) mass is 1110 g/mol. The topological polar surface area (TPSA) is 9.72 Å². The van der Waals surface area contributed by atoms with Crippen LogP contribution >= 0.6 is 0 Å². The van der Waals surface area contributed by atoms with Crippen LogP contribution in [0.1, 0.15) is 136 Å². The summed E-state index contributed by atoms with van der Waals surface area (Å²) in [5, 5.41) is 0. The van der Waals surface area contributed by atoms with E-state index in [-0.39, 0.29) is 83.8 Å². The van der Waals surface area contributed by atoms with E-state index in [0.717, 1.165) is 45.2 Å². The van der Waals surface area contributed by atoms with Gasteiger partial charge in [-0.3, -0.25) is 0 Å². The van der Waals surface area contributed by atoms with Gasteiger partial charge in [0, 0.05) is 56.5 Å². The summed E-state index contributed by atoms with van der Waals surface area (Å²) >= 11 is 0. The quantitative estimate of drug-likeness (QED) is 0.0853. The maximum atomic E-state index is 7.28. The summed E-state index contributed by atoms with van der Waals surface area (Å²) in [4.78, 5) is 6.96. The smallest absolute Gasteiger partial charge is 0.252 e. The third kappa shape index (κ3) is 10.2. The minimum atomic E-state index is -0.343. The Hall–Kier alpha value is -7.15. The Morgan fingerprint density at radius 1 is 0.506 bits per heavy atom. The molecule has 0 bridgehead atoms. The molecular formula is C74H67B10N3. The van der Waals surface area contributed by atoms with Gasteiger partial charge in [-0.1, -0.05) is 198 Å². The van der Waals surface area contributed by atoms with Crippen molar-refractivity contribution in [3.05, 3.63) is 189 Å². The molecule has 3 nitrogen and oxygen atoms in total. The fraction of sp³-hybridized carbons (Fsp3) is 0.270. The van der Waals surface area contributed by atoms with E-state index in [1.165, 1.54) is 49.9 Å². The van der Waals surface area contributed by atoms with Crippen LogP contribution in [0.25, 0.3) is 16.7 Å². The molecular weight excluding hydrogens is 1040 g/mol. The molecule has 8 aromatic rings. The predicted octanol–water partition coefficient (Wildman–Crippen LogP) is 10.4. The van der Waals surface area contributed by atoms with E-state index in [1.807, 2.05) is 11.0 Å². The number of benzene rings is 8. The Labute approximate surface area is 531 Å². The van der Waals surface area contributed by atoms with Gasteiger partial charge in [-0.25, -0.2) is 0 Å². The molecule has 2 heterocycles. The van der Waals surface area contributed by atoms with E-state index in [0.29, 0.717) is 28.2 Å². The third-order valence-corrected chi connectivity index (χ3v) is 18.4. The molecule has 0 saturated carbocycles. The molecule has 0 amide bonds. The van der Waals surface area contributed by atoms with Crippen LogP contribution in [0.4, 0.5) is 51.2 Å². The van der Waals surface area contributed by atoms with Gasteiger partial charge < -0.3 is 14.7 Å². The van der Waals surface area contributed by atoms with Crippen LogP contribution in [0.3, 0.4) is 0 Å². The van der Waals surface area contributed by atoms with Crippen molar-refractivity contribution >= 4 is 178 Å². The summed E-state index contributed by atoms with van der Waals surface area (Å²) in [5.41, 5.74) is 21.5. The van der Waals surface area contributed by atoms with E-state index in [4.69, 9.17) is 77.0 Å². The van der Waals surface area contributed by atoms with Crippen molar-refractivity contribution in [1.82, 2.24) is 0 Å². The van der Waals surface area contributed by atoms with Crippen LogP contribution in [-0.2, 0) is 27.1 Å². The summed E-state index contributed by atoms with van der Waals surface area (Å²) in [7, 11) is 61.9. The molecule has 0 saturated heterocycles. The zero-order chi connectivity index (χ0) is 63.1. The highest BCUT2D eigenvalue weighted by molar-refractivity contribution is 7.00. The van der Waals surface area contributed by atoms with Crippen LogP contribution in [0.2, 0.25) is 6.32 Å². The zero-order valence-corrected chi connectivity index (χ0v) is 53.1. The average molecular weight is 1110 g/mol. The molecule has 13 heteroatoms. The molecule has 87 heavy (non-hydrogen) atoms. The standard InChI is InChI=1S/C74H67B10N3/c1-16-53(76)62(78)61(77)50(39-75)49-33-41(71(5,6)7)23-31-56(49)87(69-66(82)64(80)63(79)65(81)67(69)83)46-28-30-54-58(38-46)86(45-27-29-52-48(37-45)47-19-17-18-20-51(47)74(52,14)15)60-36-43(73(11,12)13)35-59-68(60)84(54)55-34-42(72(8,9)10)24-32-57(55)85(59)44-25-21-40(22-26-44)70(2,3)4/h1,17-38H,39H2,2-15H3/b61-50-,62-53-.